The van der Waals surface area contributed by atoms with Crippen LogP contribution in [0.2, 0.25) is 0 Å². The number of carbonyl (C=O) groups excluding carboxylic acids is 3. The number of amides is 2. The van der Waals surface area contributed by atoms with Gasteiger partial charge in [-0.25, -0.2) is 0 Å². The van der Waals surface area contributed by atoms with Gasteiger partial charge in [-0.1, -0.05) is 13.8 Å². The van der Waals surface area contributed by atoms with Crippen LogP contribution in [0.3, 0.4) is 0 Å². The molecule has 0 saturated carbocycles. The van der Waals surface area contributed by atoms with E-state index in [9.17, 15) is 14.4 Å². The van der Waals surface area contributed by atoms with Gasteiger partial charge in [0.25, 0.3) is 0 Å². The minimum atomic E-state index is -0.732. The fraction of sp³-hybridized carbons (Fsp3) is 0.786. The Bertz CT molecular complexity index is 354. The molecule has 0 aromatic heterocycles. The molecular weight excluding hydrogens is 258 g/mol. The molecule has 0 rings (SSSR count). The zero-order chi connectivity index (χ0) is 15.9. The number of hydrogen-bond donors (Lipinski definition) is 1. The largest absolute Gasteiger partial charge is 0.353 e. The van der Waals surface area contributed by atoms with Crippen LogP contribution in [0.25, 0.3) is 0 Å². The lowest BCUT2D eigenvalue weighted by molar-refractivity contribution is -0.142. The van der Waals surface area contributed by atoms with E-state index in [-0.39, 0.29) is 29.9 Å². The van der Waals surface area contributed by atoms with E-state index >= 15 is 0 Å². The third-order valence-electron chi connectivity index (χ3n) is 2.95. The van der Waals surface area contributed by atoms with E-state index in [1.54, 1.807) is 20.9 Å². The smallest absolute Gasteiger partial charge is 0.243 e. The van der Waals surface area contributed by atoms with Crippen molar-refractivity contribution in [2.24, 2.45) is 5.92 Å². The van der Waals surface area contributed by atoms with E-state index in [1.165, 1.54) is 11.8 Å². The Morgan fingerprint density at radius 2 is 1.65 bits per heavy atom. The highest BCUT2D eigenvalue weighted by molar-refractivity contribution is 5.92. The van der Waals surface area contributed by atoms with Crippen LogP contribution in [0.5, 0.6) is 0 Å². The third kappa shape index (κ3) is 6.65. The van der Waals surface area contributed by atoms with Gasteiger partial charge < -0.3 is 15.1 Å². The van der Waals surface area contributed by atoms with Crippen molar-refractivity contribution in [1.29, 1.82) is 0 Å². The summed E-state index contributed by atoms with van der Waals surface area (Å²) in [5.74, 6) is -0.734. The lowest BCUT2D eigenvalue weighted by Crippen LogP contribution is -2.50. The van der Waals surface area contributed by atoms with Crippen LogP contribution in [-0.2, 0) is 14.4 Å². The number of hydrogen-bond acceptors (Lipinski definition) is 4. The summed E-state index contributed by atoms with van der Waals surface area (Å²) < 4.78 is 0. The first-order valence-corrected chi connectivity index (χ1v) is 6.85. The van der Waals surface area contributed by atoms with Crippen LogP contribution < -0.4 is 5.32 Å². The number of carbonyl (C=O) groups is 3. The molecular formula is C14H27N3O3. The minimum absolute atomic E-state index is 0.0444. The standard InChI is InChI=1S/C14H27N3O3/c1-10(2)14(20)17(6)12(9-11(3)18)13(19)15-7-8-16(4)5/h10,12H,7-9H2,1-6H3,(H,15,19). The van der Waals surface area contributed by atoms with Crippen LogP contribution in [0.1, 0.15) is 27.2 Å². The Morgan fingerprint density at radius 1 is 1.10 bits per heavy atom. The number of nitrogens with zero attached hydrogens (tertiary/aromatic N) is 2. The van der Waals surface area contributed by atoms with Crippen molar-refractivity contribution in [2.45, 2.75) is 33.2 Å². The van der Waals surface area contributed by atoms with Crippen LogP contribution in [0.4, 0.5) is 0 Å². The molecule has 0 aromatic carbocycles. The van der Waals surface area contributed by atoms with Gasteiger partial charge in [0, 0.05) is 32.5 Å². The molecule has 0 bridgehead atoms. The van der Waals surface area contributed by atoms with Crippen LogP contribution in [-0.4, -0.2) is 67.7 Å². The van der Waals surface area contributed by atoms with Crippen molar-refractivity contribution in [3.8, 4) is 0 Å². The number of nitrogens with one attached hydrogen (secondary N) is 1. The summed E-state index contributed by atoms with van der Waals surface area (Å²) in [5.41, 5.74) is 0. The van der Waals surface area contributed by atoms with Gasteiger partial charge in [-0.2, -0.15) is 0 Å². The monoisotopic (exact) mass is 285 g/mol. The first kappa shape index (κ1) is 18.6. The Kier molecular flexibility index (Phi) is 8.06. The molecule has 0 fully saturated rings. The lowest BCUT2D eigenvalue weighted by atomic mass is 10.1. The minimum Gasteiger partial charge on any atom is -0.353 e. The van der Waals surface area contributed by atoms with E-state index in [4.69, 9.17) is 0 Å². The summed E-state index contributed by atoms with van der Waals surface area (Å²) in [6.07, 6.45) is 0.0444. The fourth-order valence-electron chi connectivity index (χ4n) is 1.76. The van der Waals surface area contributed by atoms with E-state index in [2.05, 4.69) is 5.32 Å². The van der Waals surface area contributed by atoms with Crippen LogP contribution >= 0.6 is 0 Å². The second-order valence-corrected chi connectivity index (χ2v) is 5.62. The van der Waals surface area contributed by atoms with Crippen molar-refractivity contribution in [3.63, 3.8) is 0 Å². The maximum absolute atomic E-state index is 12.2. The zero-order valence-electron chi connectivity index (χ0n) is 13.4. The molecule has 1 unspecified atom stereocenters. The maximum Gasteiger partial charge on any atom is 0.243 e. The second-order valence-electron chi connectivity index (χ2n) is 5.62. The molecule has 1 atom stereocenters. The average Bonchev–Trinajstić information content (AvgIpc) is 2.33. The Morgan fingerprint density at radius 3 is 2.05 bits per heavy atom. The van der Waals surface area contributed by atoms with Crippen molar-refractivity contribution in [3.05, 3.63) is 0 Å². The molecule has 6 nitrogen and oxygen atoms in total. The molecule has 0 aliphatic heterocycles. The van der Waals surface area contributed by atoms with E-state index in [1.807, 2.05) is 19.0 Å². The summed E-state index contributed by atoms with van der Waals surface area (Å²) >= 11 is 0. The third-order valence-corrected chi connectivity index (χ3v) is 2.95. The molecule has 6 heteroatoms. The van der Waals surface area contributed by atoms with Gasteiger partial charge in [0.1, 0.15) is 11.8 Å². The summed E-state index contributed by atoms with van der Waals surface area (Å²) in [6, 6.07) is -0.732. The predicted molar refractivity (Wildman–Crippen MR) is 78.3 cm³/mol. The van der Waals surface area contributed by atoms with Crippen molar-refractivity contribution in [2.75, 3.05) is 34.2 Å². The summed E-state index contributed by atoms with van der Waals surface area (Å²) in [5, 5.41) is 2.77. The van der Waals surface area contributed by atoms with Gasteiger partial charge in [0.05, 0.1) is 0 Å². The zero-order valence-corrected chi connectivity index (χ0v) is 13.4. The second kappa shape index (κ2) is 8.68. The highest BCUT2D eigenvalue weighted by atomic mass is 16.2. The summed E-state index contributed by atoms with van der Waals surface area (Å²) in [4.78, 5) is 38.8. The maximum atomic E-state index is 12.2. The highest BCUT2D eigenvalue weighted by Gasteiger charge is 2.28. The van der Waals surface area contributed by atoms with Gasteiger partial charge in [-0.3, -0.25) is 14.4 Å². The van der Waals surface area contributed by atoms with Crippen molar-refractivity contribution in [1.82, 2.24) is 15.1 Å². The molecule has 0 heterocycles. The molecule has 0 spiro atoms. The molecule has 0 radical (unpaired) electrons. The first-order valence-electron chi connectivity index (χ1n) is 6.85. The van der Waals surface area contributed by atoms with Crippen LogP contribution in [0.15, 0.2) is 0 Å². The Hall–Kier alpha value is -1.43. The molecule has 20 heavy (non-hydrogen) atoms. The predicted octanol–water partition coefficient (Wildman–Crippen LogP) is 0.126. The van der Waals surface area contributed by atoms with E-state index in [0.717, 1.165) is 0 Å². The van der Waals surface area contributed by atoms with Crippen molar-refractivity contribution < 1.29 is 14.4 Å². The number of Topliss-reactive ketones (excluding diaryl/α,β-unsaturated/α-hetero) is 1. The number of likely N-dealkylation sites (N-methyl/N-ethyl adjacent to an activating group) is 2. The van der Waals surface area contributed by atoms with Crippen molar-refractivity contribution >= 4 is 17.6 Å². The normalized spacial score (nSPS) is 12.4. The Labute approximate surface area is 121 Å². The quantitative estimate of drug-likeness (QED) is 0.688. The van der Waals surface area contributed by atoms with E-state index in [0.29, 0.717) is 13.1 Å². The molecule has 1 N–H and O–H groups in total. The van der Waals surface area contributed by atoms with Gasteiger partial charge >= 0.3 is 0 Å². The molecule has 0 aliphatic rings. The Balaban J connectivity index is 4.73. The molecule has 0 aromatic rings. The van der Waals surface area contributed by atoms with Gasteiger partial charge in [0.15, 0.2) is 0 Å². The van der Waals surface area contributed by atoms with Gasteiger partial charge in [0.2, 0.25) is 11.8 Å². The molecule has 0 saturated heterocycles. The summed E-state index contributed by atoms with van der Waals surface area (Å²) in [6.45, 7) is 6.17. The SMILES string of the molecule is CC(=O)CC(C(=O)NCCN(C)C)N(C)C(=O)C(C)C. The molecule has 0 aliphatic carbocycles. The highest BCUT2D eigenvalue weighted by Crippen LogP contribution is 2.08. The summed E-state index contributed by atoms with van der Waals surface area (Å²) in [7, 11) is 5.39. The average molecular weight is 285 g/mol. The van der Waals surface area contributed by atoms with Crippen LogP contribution in [0, 0.1) is 5.92 Å². The van der Waals surface area contributed by atoms with E-state index < -0.39 is 6.04 Å². The lowest BCUT2D eigenvalue weighted by Gasteiger charge is -2.28. The topological polar surface area (TPSA) is 69.7 Å². The molecule has 116 valence electrons. The molecule has 2 amide bonds. The number of rotatable bonds is 8. The fourth-order valence-corrected chi connectivity index (χ4v) is 1.76. The first-order chi connectivity index (χ1) is 9.16. The van der Waals surface area contributed by atoms with Gasteiger partial charge in [-0.05, 0) is 21.0 Å². The van der Waals surface area contributed by atoms with Gasteiger partial charge in [-0.15, -0.1) is 0 Å². The number of ketones is 1.